The van der Waals surface area contributed by atoms with E-state index in [0.717, 1.165) is 61.9 Å². The molecule has 1 aliphatic carbocycles. The summed E-state index contributed by atoms with van der Waals surface area (Å²) in [5, 5.41) is 5.44. The first kappa shape index (κ1) is 32.3. The molecule has 2 N–H and O–H groups in total. The number of amides is 4. The standard InChI is InChI=1S/C32H37F3N4O6/c1-43-17-26-28(30(40)45-3)29(19-6-11-24(34)25(35)14-19)39(32(42)37-26)31(41)36-21-12-13-38(16-21)22-8-4-18(5-9-22)23-10-7-20(33)15-27(23)44-2/h6-7,10-11,14-15,18,21-22,29H,4-5,8-9,12-13,16-17H2,1-3H3,(H,36,41)(H,37,42)/t18-,21-,22-,29+/m1/s1. The number of nitrogens with zero attached hydrogens (tertiary/aromatic N) is 2. The molecule has 1 saturated carbocycles. The van der Waals surface area contributed by atoms with Crippen molar-refractivity contribution in [3.63, 3.8) is 0 Å². The van der Waals surface area contributed by atoms with Crippen molar-refractivity contribution in [3.8, 4) is 5.75 Å². The molecule has 0 spiro atoms. The molecule has 2 heterocycles. The molecule has 0 radical (unpaired) electrons. The van der Waals surface area contributed by atoms with E-state index in [4.69, 9.17) is 14.2 Å². The number of carbonyl (C=O) groups excluding carboxylic acids is 3. The number of likely N-dealkylation sites (tertiary alicyclic amines) is 1. The second-order valence-electron chi connectivity index (χ2n) is 11.5. The van der Waals surface area contributed by atoms with Gasteiger partial charge in [-0.3, -0.25) is 4.90 Å². The van der Waals surface area contributed by atoms with Crippen LogP contribution in [0, 0.1) is 17.5 Å². The third kappa shape index (κ3) is 6.79. The molecule has 10 nitrogen and oxygen atoms in total. The van der Waals surface area contributed by atoms with Crippen molar-refractivity contribution < 1.29 is 41.8 Å². The number of ether oxygens (including phenoxy) is 3. The Hall–Kier alpha value is -4.10. The van der Waals surface area contributed by atoms with Crippen LogP contribution in [-0.4, -0.2) is 80.9 Å². The summed E-state index contributed by atoms with van der Waals surface area (Å²) < 4.78 is 57.4. The maximum absolute atomic E-state index is 14.4. The van der Waals surface area contributed by atoms with Gasteiger partial charge in [0.25, 0.3) is 0 Å². The smallest absolute Gasteiger partial charge is 0.338 e. The van der Waals surface area contributed by atoms with E-state index in [1.165, 1.54) is 25.3 Å². The predicted octanol–water partition coefficient (Wildman–Crippen LogP) is 4.76. The molecule has 0 bridgehead atoms. The number of benzene rings is 2. The molecule has 4 amide bonds. The van der Waals surface area contributed by atoms with E-state index in [-0.39, 0.29) is 41.2 Å². The molecule has 3 aliphatic rings. The Labute approximate surface area is 259 Å². The second-order valence-corrected chi connectivity index (χ2v) is 11.5. The van der Waals surface area contributed by atoms with Gasteiger partial charge in [0.15, 0.2) is 11.6 Å². The van der Waals surface area contributed by atoms with Gasteiger partial charge in [-0.05, 0) is 67.3 Å². The molecule has 45 heavy (non-hydrogen) atoms. The van der Waals surface area contributed by atoms with Crippen molar-refractivity contribution in [3.05, 3.63) is 76.2 Å². The lowest BCUT2D eigenvalue weighted by Crippen LogP contribution is -2.56. The Morgan fingerprint density at radius 1 is 0.978 bits per heavy atom. The van der Waals surface area contributed by atoms with Crippen LogP contribution in [0.2, 0.25) is 0 Å². The zero-order valence-corrected chi connectivity index (χ0v) is 25.4. The molecule has 2 aromatic carbocycles. The minimum atomic E-state index is -1.40. The highest BCUT2D eigenvalue weighted by atomic mass is 19.2. The zero-order chi connectivity index (χ0) is 32.2. The number of halogens is 3. The Morgan fingerprint density at radius 2 is 1.73 bits per heavy atom. The van der Waals surface area contributed by atoms with Crippen LogP contribution in [0.3, 0.4) is 0 Å². The second kappa shape index (κ2) is 13.9. The van der Waals surface area contributed by atoms with Gasteiger partial charge in [0.2, 0.25) is 0 Å². The third-order valence-corrected chi connectivity index (χ3v) is 8.90. The van der Waals surface area contributed by atoms with Crippen LogP contribution in [0.1, 0.15) is 55.2 Å². The fourth-order valence-corrected chi connectivity index (χ4v) is 6.73. The molecular formula is C32H37F3N4O6. The number of methoxy groups -OCH3 is 3. The van der Waals surface area contributed by atoms with Crippen molar-refractivity contribution in [2.45, 2.75) is 56.1 Å². The summed E-state index contributed by atoms with van der Waals surface area (Å²) >= 11 is 0. The Kier molecular flexibility index (Phi) is 9.98. The van der Waals surface area contributed by atoms with Gasteiger partial charge in [-0.25, -0.2) is 32.5 Å². The van der Waals surface area contributed by atoms with Crippen LogP contribution in [0.4, 0.5) is 22.8 Å². The molecule has 5 rings (SSSR count). The fraction of sp³-hybridized carbons (Fsp3) is 0.469. The topological polar surface area (TPSA) is 109 Å². The minimum absolute atomic E-state index is 0.00972. The first-order chi connectivity index (χ1) is 21.6. The van der Waals surface area contributed by atoms with E-state index in [1.807, 2.05) is 0 Å². The zero-order valence-electron chi connectivity index (χ0n) is 25.4. The maximum Gasteiger partial charge on any atom is 0.338 e. The minimum Gasteiger partial charge on any atom is -0.496 e. The summed E-state index contributed by atoms with van der Waals surface area (Å²) in [5.74, 6) is -2.69. The lowest BCUT2D eigenvalue weighted by molar-refractivity contribution is -0.137. The first-order valence-electron chi connectivity index (χ1n) is 14.9. The van der Waals surface area contributed by atoms with Gasteiger partial charge in [0.05, 0.1) is 32.1 Å². The number of hydrogen-bond acceptors (Lipinski definition) is 7. The fourth-order valence-electron chi connectivity index (χ4n) is 6.73. The SMILES string of the molecule is COCC1=C(C(=O)OC)[C@H](c2ccc(F)c(F)c2)N(C(=O)N[C@@H]2CCN([C@H]3CC[C@H](c4ccc(F)cc4OC)CC3)C2)C(=O)N1. The number of hydrogen-bond donors (Lipinski definition) is 2. The first-order valence-corrected chi connectivity index (χ1v) is 14.9. The van der Waals surface area contributed by atoms with E-state index in [9.17, 15) is 27.6 Å². The summed E-state index contributed by atoms with van der Waals surface area (Å²) in [5.41, 5.74) is 0.931. The van der Waals surface area contributed by atoms with Gasteiger partial charge in [-0.1, -0.05) is 12.1 Å². The molecule has 1 saturated heterocycles. The number of rotatable bonds is 8. The normalized spacial score (nSPS) is 24.0. The van der Waals surface area contributed by atoms with Crippen LogP contribution >= 0.6 is 0 Å². The molecule has 242 valence electrons. The van der Waals surface area contributed by atoms with Crippen molar-refractivity contribution >= 4 is 18.0 Å². The van der Waals surface area contributed by atoms with Gasteiger partial charge >= 0.3 is 18.0 Å². The Morgan fingerprint density at radius 3 is 2.40 bits per heavy atom. The quantitative estimate of drug-likeness (QED) is 0.405. The largest absolute Gasteiger partial charge is 0.496 e. The lowest BCUT2D eigenvalue weighted by atomic mass is 9.81. The van der Waals surface area contributed by atoms with Crippen molar-refractivity contribution in [2.75, 3.05) is 41.0 Å². The number of esters is 1. The summed E-state index contributed by atoms with van der Waals surface area (Å²) in [7, 11) is 4.04. The molecule has 0 unspecified atom stereocenters. The predicted molar refractivity (Wildman–Crippen MR) is 157 cm³/mol. The average Bonchev–Trinajstić information content (AvgIpc) is 3.50. The summed E-state index contributed by atoms with van der Waals surface area (Å²) in [6.45, 7) is 1.10. The van der Waals surface area contributed by atoms with Crippen LogP contribution in [0.15, 0.2) is 47.7 Å². The van der Waals surface area contributed by atoms with Crippen molar-refractivity contribution in [1.29, 1.82) is 0 Å². The lowest BCUT2D eigenvalue weighted by Gasteiger charge is -2.37. The number of carbonyl (C=O) groups is 3. The monoisotopic (exact) mass is 630 g/mol. The van der Waals surface area contributed by atoms with E-state index in [2.05, 4.69) is 15.5 Å². The molecule has 0 aromatic heterocycles. The highest BCUT2D eigenvalue weighted by Gasteiger charge is 2.44. The van der Waals surface area contributed by atoms with Gasteiger partial charge in [0.1, 0.15) is 17.6 Å². The molecule has 2 fully saturated rings. The van der Waals surface area contributed by atoms with Gasteiger partial charge in [-0.2, -0.15) is 0 Å². The summed E-state index contributed by atoms with van der Waals surface area (Å²) in [6, 6.07) is 4.55. The van der Waals surface area contributed by atoms with E-state index in [1.54, 1.807) is 13.2 Å². The highest BCUT2D eigenvalue weighted by Crippen LogP contribution is 2.40. The van der Waals surface area contributed by atoms with Gasteiger partial charge < -0.3 is 24.8 Å². The van der Waals surface area contributed by atoms with E-state index in [0.29, 0.717) is 24.8 Å². The van der Waals surface area contributed by atoms with Crippen LogP contribution in [-0.2, 0) is 14.3 Å². The van der Waals surface area contributed by atoms with Crippen LogP contribution in [0.5, 0.6) is 5.75 Å². The Balaban J connectivity index is 1.29. The average molecular weight is 631 g/mol. The molecule has 13 heteroatoms. The van der Waals surface area contributed by atoms with Gasteiger partial charge in [-0.15, -0.1) is 0 Å². The number of nitrogens with one attached hydrogen (secondary N) is 2. The Bertz CT molecular complexity index is 1480. The molecular weight excluding hydrogens is 593 g/mol. The molecule has 2 aliphatic heterocycles. The summed E-state index contributed by atoms with van der Waals surface area (Å²) in [4.78, 5) is 43.1. The molecule has 2 atom stereocenters. The van der Waals surface area contributed by atoms with E-state index < -0.39 is 35.7 Å². The number of imide groups is 1. The molecule has 2 aromatic rings. The van der Waals surface area contributed by atoms with E-state index >= 15 is 0 Å². The van der Waals surface area contributed by atoms with Crippen molar-refractivity contribution in [2.24, 2.45) is 0 Å². The highest BCUT2D eigenvalue weighted by molar-refractivity contribution is 6.01. The van der Waals surface area contributed by atoms with Crippen LogP contribution in [0.25, 0.3) is 0 Å². The van der Waals surface area contributed by atoms with Gasteiger partial charge in [0, 0.05) is 38.3 Å². The van der Waals surface area contributed by atoms with Crippen molar-refractivity contribution in [1.82, 2.24) is 20.4 Å². The third-order valence-electron chi connectivity index (χ3n) is 8.90. The maximum atomic E-state index is 14.4. The summed E-state index contributed by atoms with van der Waals surface area (Å²) in [6.07, 6.45) is 4.31. The van der Waals surface area contributed by atoms with Crippen LogP contribution < -0.4 is 15.4 Å². The number of urea groups is 2.